The molecule has 0 saturated carbocycles. The number of hydrogen-bond donors (Lipinski definition) is 0. The molecule has 4 nitrogen and oxygen atoms in total. The highest BCUT2D eigenvalue weighted by Crippen LogP contribution is 2.28. The maximum absolute atomic E-state index is 4.45. The van der Waals surface area contributed by atoms with E-state index in [2.05, 4.69) is 31.1 Å². The molecule has 0 bridgehead atoms. The highest BCUT2D eigenvalue weighted by atomic mass is 79.9. The minimum atomic E-state index is 0.756. The van der Waals surface area contributed by atoms with Crippen LogP contribution in [-0.2, 0) is 0 Å². The molecule has 94 valence electrons. The Morgan fingerprint density at radius 1 is 1.05 bits per heavy atom. The average molecular weight is 315 g/mol. The molecule has 0 aliphatic rings. The van der Waals surface area contributed by atoms with E-state index in [9.17, 15) is 0 Å². The van der Waals surface area contributed by atoms with Crippen LogP contribution in [0.2, 0.25) is 0 Å². The van der Waals surface area contributed by atoms with Crippen LogP contribution in [0.15, 0.2) is 63.4 Å². The molecular weight excluding hydrogens is 304 g/mol. The molecule has 2 aromatic heterocycles. The minimum absolute atomic E-state index is 0.756. The van der Waals surface area contributed by atoms with Crippen molar-refractivity contribution in [2.24, 2.45) is 10.2 Å². The number of azo groups is 1. The summed E-state index contributed by atoms with van der Waals surface area (Å²) in [5, 5.41) is 8.60. The van der Waals surface area contributed by atoms with Crippen LogP contribution in [0.4, 0.5) is 11.5 Å². The van der Waals surface area contributed by atoms with E-state index in [4.69, 9.17) is 0 Å². The van der Waals surface area contributed by atoms with Crippen molar-refractivity contribution in [3.63, 3.8) is 0 Å². The molecule has 5 heteroatoms. The first-order valence-electron chi connectivity index (χ1n) is 5.85. The van der Waals surface area contributed by atoms with Gasteiger partial charge in [0.2, 0.25) is 0 Å². The SMILES string of the molecule is Cc1nc2ccccn2c1N=Nc1ccccc1Br. The van der Waals surface area contributed by atoms with Crippen LogP contribution in [0.3, 0.4) is 0 Å². The van der Waals surface area contributed by atoms with E-state index in [1.807, 2.05) is 60.0 Å². The Morgan fingerprint density at radius 2 is 1.84 bits per heavy atom. The zero-order valence-electron chi connectivity index (χ0n) is 10.3. The van der Waals surface area contributed by atoms with E-state index in [-0.39, 0.29) is 0 Å². The van der Waals surface area contributed by atoms with Crippen molar-refractivity contribution in [1.29, 1.82) is 0 Å². The fraction of sp³-hybridized carbons (Fsp3) is 0.0714. The van der Waals surface area contributed by atoms with Gasteiger partial charge in [-0.3, -0.25) is 4.40 Å². The molecule has 0 unspecified atom stereocenters. The van der Waals surface area contributed by atoms with Crippen molar-refractivity contribution in [1.82, 2.24) is 9.38 Å². The van der Waals surface area contributed by atoms with Crippen molar-refractivity contribution >= 4 is 33.1 Å². The number of imidazole rings is 1. The number of pyridine rings is 1. The van der Waals surface area contributed by atoms with Gasteiger partial charge >= 0.3 is 0 Å². The highest BCUT2D eigenvalue weighted by molar-refractivity contribution is 9.10. The third-order valence-electron chi connectivity index (χ3n) is 2.78. The van der Waals surface area contributed by atoms with Gasteiger partial charge in [-0.2, -0.15) is 0 Å². The summed E-state index contributed by atoms with van der Waals surface area (Å²) in [7, 11) is 0. The lowest BCUT2D eigenvalue weighted by molar-refractivity contribution is 1.09. The summed E-state index contributed by atoms with van der Waals surface area (Å²) >= 11 is 3.45. The lowest BCUT2D eigenvalue weighted by atomic mass is 10.3. The smallest absolute Gasteiger partial charge is 0.182 e. The fourth-order valence-corrected chi connectivity index (χ4v) is 2.22. The Balaban J connectivity index is 2.06. The Labute approximate surface area is 119 Å². The number of benzene rings is 1. The molecule has 0 atom stereocenters. The summed E-state index contributed by atoms with van der Waals surface area (Å²) in [6, 6.07) is 13.6. The van der Waals surface area contributed by atoms with Crippen LogP contribution < -0.4 is 0 Å². The van der Waals surface area contributed by atoms with Crippen molar-refractivity contribution in [3.05, 3.63) is 58.8 Å². The highest BCUT2D eigenvalue weighted by Gasteiger charge is 2.07. The molecule has 3 rings (SSSR count). The van der Waals surface area contributed by atoms with Crippen LogP contribution in [0.5, 0.6) is 0 Å². The largest absolute Gasteiger partial charge is 0.283 e. The zero-order valence-corrected chi connectivity index (χ0v) is 11.9. The molecule has 1 aromatic carbocycles. The number of fused-ring (bicyclic) bond motifs is 1. The maximum Gasteiger partial charge on any atom is 0.182 e. The molecule has 0 fully saturated rings. The number of aromatic nitrogens is 2. The maximum atomic E-state index is 4.45. The molecule has 0 spiro atoms. The van der Waals surface area contributed by atoms with Gasteiger partial charge in [-0.15, -0.1) is 10.2 Å². The topological polar surface area (TPSA) is 42.0 Å². The second-order valence-electron chi connectivity index (χ2n) is 4.10. The van der Waals surface area contributed by atoms with Crippen molar-refractivity contribution < 1.29 is 0 Å². The van der Waals surface area contributed by atoms with Gasteiger partial charge in [0.25, 0.3) is 0 Å². The zero-order chi connectivity index (χ0) is 13.2. The summed E-state index contributed by atoms with van der Waals surface area (Å²) in [6.07, 6.45) is 1.93. The predicted octanol–water partition coefficient (Wildman–Crippen LogP) is 4.82. The van der Waals surface area contributed by atoms with E-state index in [1.54, 1.807) is 0 Å². The number of rotatable bonds is 2. The number of halogens is 1. The second-order valence-corrected chi connectivity index (χ2v) is 4.96. The van der Waals surface area contributed by atoms with Gasteiger partial charge < -0.3 is 0 Å². The first-order chi connectivity index (χ1) is 9.25. The minimum Gasteiger partial charge on any atom is -0.283 e. The Bertz CT molecular complexity index is 761. The van der Waals surface area contributed by atoms with E-state index in [0.717, 1.165) is 27.3 Å². The summed E-state index contributed by atoms with van der Waals surface area (Å²) in [5.74, 6) is 0.756. The van der Waals surface area contributed by atoms with Gasteiger partial charge in [-0.1, -0.05) is 18.2 Å². The fourth-order valence-electron chi connectivity index (χ4n) is 1.86. The van der Waals surface area contributed by atoms with Crippen LogP contribution in [-0.4, -0.2) is 9.38 Å². The van der Waals surface area contributed by atoms with Gasteiger partial charge in [0.05, 0.1) is 11.4 Å². The van der Waals surface area contributed by atoms with Crippen molar-refractivity contribution in [2.75, 3.05) is 0 Å². The van der Waals surface area contributed by atoms with E-state index in [0.29, 0.717) is 0 Å². The summed E-state index contributed by atoms with van der Waals surface area (Å²) < 4.78 is 2.85. The third kappa shape index (κ3) is 2.29. The average Bonchev–Trinajstić information content (AvgIpc) is 2.74. The first-order valence-corrected chi connectivity index (χ1v) is 6.65. The number of aryl methyl sites for hydroxylation is 1. The van der Waals surface area contributed by atoms with Crippen LogP contribution in [0.1, 0.15) is 5.69 Å². The van der Waals surface area contributed by atoms with Gasteiger partial charge in [0, 0.05) is 10.7 Å². The van der Waals surface area contributed by atoms with Gasteiger partial charge in [-0.25, -0.2) is 4.98 Å². The molecule has 0 saturated heterocycles. The quantitative estimate of drug-likeness (QED) is 0.625. The Hall–Kier alpha value is -2.01. The molecule has 0 N–H and O–H groups in total. The van der Waals surface area contributed by atoms with E-state index >= 15 is 0 Å². The summed E-state index contributed by atoms with van der Waals surface area (Å²) in [5.41, 5.74) is 2.54. The molecular formula is C14H11BrN4. The van der Waals surface area contributed by atoms with Gasteiger partial charge in [-0.05, 0) is 47.1 Å². The Morgan fingerprint density at radius 3 is 2.68 bits per heavy atom. The van der Waals surface area contributed by atoms with E-state index in [1.165, 1.54) is 0 Å². The van der Waals surface area contributed by atoms with Crippen LogP contribution in [0.25, 0.3) is 5.65 Å². The summed E-state index contributed by atoms with van der Waals surface area (Å²) in [4.78, 5) is 4.45. The lowest BCUT2D eigenvalue weighted by Gasteiger charge is -1.97. The lowest BCUT2D eigenvalue weighted by Crippen LogP contribution is -1.80. The van der Waals surface area contributed by atoms with Crippen LogP contribution in [0, 0.1) is 6.92 Å². The Kier molecular flexibility index (Phi) is 3.13. The standard InChI is InChI=1S/C14H11BrN4/c1-10-14(19-9-5-4-8-13(19)16-10)18-17-12-7-3-2-6-11(12)15/h2-9H,1H3. The monoisotopic (exact) mass is 314 g/mol. The van der Waals surface area contributed by atoms with E-state index < -0.39 is 0 Å². The van der Waals surface area contributed by atoms with Crippen LogP contribution >= 0.6 is 15.9 Å². The normalized spacial score (nSPS) is 11.5. The first kappa shape index (κ1) is 12.0. The van der Waals surface area contributed by atoms with Gasteiger partial charge in [0.15, 0.2) is 5.82 Å². The molecule has 0 aliphatic carbocycles. The second kappa shape index (κ2) is 4.93. The molecule has 19 heavy (non-hydrogen) atoms. The molecule has 0 amide bonds. The molecule has 0 aliphatic heterocycles. The van der Waals surface area contributed by atoms with Gasteiger partial charge in [0.1, 0.15) is 5.65 Å². The molecule has 2 heterocycles. The molecule has 3 aromatic rings. The van der Waals surface area contributed by atoms with Crippen molar-refractivity contribution in [3.8, 4) is 0 Å². The van der Waals surface area contributed by atoms with Crippen molar-refractivity contribution in [2.45, 2.75) is 6.92 Å². The molecule has 0 radical (unpaired) electrons. The third-order valence-corrected chi connectivity index (χ3v) is 3.45. The number of hydrogen-bond acceptors (Lipinski definition) is 3. The summed E-state index contributed by atoms with van der Waals surface area (Å²) in [6.45, 7) is 1.93. The predicted molar refractivity (Wildman–Crippen MR) is 78.2 cm³/mol. The number of nitrogens with zero attached hydrogens (tertiary/aromatic N) is 4.